The van der Waals surface area contributed by atoms with E-state index in [1.807, 2.05) is 26.0 Å². The van der Waals surface area contributed by atoms with Gasteiger partial charge in [-0.3, -0.25) is 0 Å². The van der Waals surface area contributed by atoms with Crippen LogP contribution in [0.1, 0.15) is 57.7 Å². The van der Waals surface area contributed by atoms with Gasteiger partial charge in [-0.25, -0.2) is 0 Å². The first kappa shape index (κ1) is 27.0. The number of rotatable bonds is 9. The van der Waals surface area contributed by atoms with Crippen molar-refractivity contribution in [2.75, 3.05) is 13.1 Å². The van der Waals surface area contributed by atoms with Crippen molar-refractivity contribution in [3.63, 3.8) is 0 Å². The summed E-state index contributed by atoms with van der Waals surface area (Å²) in [5, 5.41) is 0. The summed E-state index contributed by atoms with van der Waals surface area (Å²) in [5.74, 6) is 0. The number of nitrogens with two attached hydrogens (primary N) is 1. The molecule has 0 saturated carbocycles. The average molecular weight is 455 g/mol. The predicted octanol–water partition coefficient (Wildman–Crippen LogP) is 7.93. The Morgan fingerprint density at radius 2 is 1.79 bits per heavy atom. The standard InChI is InChI=1S/C32H42N2/c1-11-13-14-28(12-2)27(10)34-18-17-32(21-34,23(5)6)30-16-15-29(19-25(30)8)24(7)20-31(33)26(9)22(3)4/h11-16,19-20H,1,5,7,10,17-18,21,33H2,2-4,6,8-9H3/b14-13-,28-12+,31-20+. The molecule has 0 bridgehead atoms. The van der Waals surface area contributed by atoms with Crippen LogP contribution in [0.4, 0.5) is 0 Å². The summed E-state index contributed by atoms with van der Waals surface area (Å²) in [7, 11) is 0. The molecule has 180 valence electrons. The quantitative estimate of drug-likeness (QED) is 0.303. The lowest BCUT2D eigenvalue weighted by Crippen LogP contribution is -2.32. The Bertz CT molecular complexity index is 1120. The van der Waals surface area contributed by atoms with Gasteiger partial charge in [-0.05, 0) is 87.4 Å². The van der Waals surface area contributed by atoms with E-state index >= 15 is 0 Å². The molecule has 0 amide bonds. The zero-order valence-corrected chi connectivity index (χ0v) is 22.1. The normalized spacial score (nSPS) is 18.8. The highest BCUT2D eigenvalue weighted by atomic mass is 15.2. The third kappa shape index (κ3) is 5.62. The Hall–Kier alpha value is -3.26. The van der Waals surface area contributed by atoms with Gasteiger partial charge in [0.05, 0.1) is 0 Å². The van der Waals surface area contributed by atoms with Crippen LogP contribution < -0.4 is 5.73 Å². The van der Waals surface area contributed by atoms with Gasteiger partial charge in [0.25, 0.3) is 0 Å². The summed E-state index contributed by atoms with van der Waals surface area (Å²) in [5.41, 5.74) is 17.2. The maximum Gasteiger partial charge on any atom is 0.0363 e. The monoisotopic (exact) mass is 454 g/mol. The lowest BCUT2D eigenvalue weighted by molar-refractivity contribution is 0.406. The van der Waals surface area contributed by atoms with E-state index < -0.39 is 0 Å². The van der Waals surface area contributed by atoms with E-state index in [9.17, 15) is 0 Å². The third-order valence-corrected chi connectivity index (χ3v) is 7.15. The molecule has 1 aliphatic heterocycles. The number of benzene rings is 1. The summed E-state index contributed by atoms with van der Waals surface area (Å²) in [6.45, 7) is 31.3. The zero-order chi connectivity index (χ0) is 25.6. The Labute approximate surface area is 207 Å². The summed E-state index contributed by atoms with van der Waals surface area (Å²) in [6, 6.07) is 6.65. The molecule has 0 aromatic heterocycles. The molecule has 34 heavy (non-hydrogen) atoms. The van der Waals surface area contributed by atoms with E-state index in [0.717, 1.165) is 53.2 Å². The second-order valence-electron chi connectivity index (χ2n) is 9.60. The van der Waals surface area contributed by atoms with E-state index in [1.54, 1.807) is 6.08 Å². The molecule has 2 rings (SSSR count). The van der Waals surface area contributed by atoms with Crippen molar-refractivity contribution in [1.29, 1.82) is 0 Å². The molecule has 1 saturated heterocycles. The minimum Gasteiger partial charge on any atom is -0.398 e. The van der Waals surface area contributed by atoms with Crippen molar-refractivity contribution >= 4 is 5.57 Å². The number of aryl methyl sites for hydroxylation is 1. The molecule has 1 aromatic rings. The fourth-order valence-corrected chi connectivity index (χ4v) is 4.62. The topological polar surface area (TPSA) is 29.3 Å². The smallest absolute Gasteiger partial charge is 0.0363 e. The second-order valence-corrected chi connectivity index (χ2v) is 9.60. The molecule has 2 heteroatoms. The van der Waals surface area contributed by atoms with Crippen molar-refractivity contribution < 1.29 is 0 Å². The fraction of sp³-hybridized carbons (Fsp3) is 0.312. The van der Waals surface area contributed by atoms with E-state index in [1.165, 1.54) is 22.3 Å². The number of hydrogen-bond acceptors (Lipinski definition) is 2. The molecule has 1 aliphatic rings. The zero-order valence-electron chi connectivity index (χ0n) is 22.1. The average Bonchev–Trinajstić information content (AvgIpc) is 3.25. The number of nitrogens with zero attached hydrogens (tertiary/aromatic N) is 1. The molecule has 0 aliphatic carbocycles. The molecule has 1 aromatic carbocycles. The lowest BCUT2D eigenvalue weighted by atomic mass is 9.72. The van der Waals surface area contributed by atoms with Crippen molar-refractivity contribution in [3.05, 3.63) is 125 Å². The minimum atomic E-state index is -0.110. The van der Waals surface area contributed by atoms with Crippen molar-refractivity contribution in [2.24, 2.45) is 5.73 Å². The summed E-state index contributed by atoms with van der Waals surface area (Å²) >= 11 is 0. The van der Waals surface area contributed by atoms with Crippen LogP contribution in [0.25, 0.3) is 5.57 Å². The highest BCUT2D eigenvalue weighted by Crippen LogP contribution is 2.43. The predicted molar refractivity (Wildman–Crippen MR) is 151 cm³/mol. The number of allylic oxidation sites excluding steroid dienone is 8. The van der Waals surface area contributed by atoms with E-state index in [0.29, 0.717) is 0 Å². The van der Waals surface area contributed by atoms with Crippen LogP contribution in [0.2, 0.25) is 0 Å². The van der Waals surface area contributed by atoms with Crippen molar-refractivity contribution in [1.82, 2.24) is 4.90 Å². The first-order valence-corrected chi connectivity index (χ1v) is 12.0. The molecule has 1 unspecified atom stereocenters. The SMILES string of the molecule is C=C/C=C\C(=C/C)C(=C)N1CCC(C(=C)C)(c2ccc(C(=C)/C=C(/N)C(C)=C(C)C)cc2C)C1. The first-order chi connectivity index (χ1) is 16.0. The Morgan fingerprint density at radius 3 is 2.32 bits per heavy atom. The maximum absolute atomic E-state index is 6.30. The summed E-state index contributed by atoms with van der Waals surface area (Å²) < 4.78 is 0. The third-order valence-electron chi connectivity index (χ3n) is 7.15. The minimum absolute atomic E-state index is 0.110. The van der Waals surface area contributed by atoms with Gasteiger partial charge in [-0.1, -0.05) is 80.0 Å². The largest absolute Gasteiger partial charge is 0.398 e. The van der Waals surface area contributed by atoms with Gasteiger partial charge >= 0.3 is 0 Å². The van der Waals surface area contributed by atoms with Crippen LogP contribution in [0.3, 0.4) is 0 Å². The molecule has 1 atom stereocenters. The highest BCUT2D eigenvalue weighted by molar-refractivity contribution is 5.74. The Balaban J connectivity index is 2.39. The van der Waals surface area contributed by atoms with Gasteiger partial charge < -0.3 is 10.6 Å². The van der Waals surface area contributed by atoms with Gasteiger partial charge in [0, 0.05) is 29.9 Å². The second kappa shape index (κ2) is 11.2. The van der Waals surface area contributed by atoms with E-state index in [4.69, 9.17) is 5.73 Å². The molecule has 0 radical (unpaired) electrons. The van der Waals surface area contributed by atoms with E-state index in [-0.39, 0.29) is 5.41 Å². The molecule has 0 spiro atoms. The van der Waals surface area contributed by atoms with Crippen molar-refractivity contribution in [3.8, 4) is 0 Å². The van der Waals surface area contributed by atoms with Gasteiger partial charge in [-0.2, -0.15) is 0 Å². The van der Waals surface area contributed by atoms with Crippen LogP contribution >= 0.6 is 0 Å². The van der Waals surface area contributed by atoms with E-state index in [2.05, 4.69) is 89.3 Å². The van der Waals surface area contributed by atoms with Crippen LogP contribution in [0, 0.1) is 6.92 Å². The maximum atomic E-state index is 6.30. The van der Waals surface area contributed by atoms with Crippen LogP contribution in [0.5, 0.6) is 0 Å². The summed E-state index contributed by atoms with van der Waals surface area (Å²) in [6.07, 6.45) is 10.9. The molecule has 1 fully saturated rings. The molecule has 1 heterocycles. The van der Waals surface area contributed by atoms with Gasteiger partial charge in [0.15, 0.2) is 0 Å². The van der Waals surface area contributed by atoms with Crippen LogP contribution in [0.15, 0.2) is 109 Å². The van der Waals surface area contributed by atoms with Crippen molar-refractivity contribution in [2.45, 2.75) is 53.4 Å². The van der Waals surface area contributed by atoms with Crippen LogP contribution in [-0.4, -0.2) is 18.0 Å². The van der Waals surface area contributed by atoms with Crippen LogP contribution in [-0.2, 0) is 5.41 Å². The molecular formula is C32H42N2. The van der Waals surface area contributed by atoms with Gasteiger partial charge in [-0.15, -0.1) is 0 Å². The highest BCUT2D eigenvalue weighted by Gasteiger charge is 2.41. The Morgan fingerprint density at radius 1 is 1.12 bits per heavy atom. The fourth-order valence-electron chi connectivity index (χ4n) is 4.62. The molecular weight excluding hydrogens is 412 g/mol. The molecule has 2 nitrogen and oxygen atoms in total. The number of likely N-dealkylation sites (tertiary alicyclic amines) is 1. The van der Waals surface area contributed by atoms with Gasteiger partial charge in [0.1, 0.15) is 0 Å². The number of hydrogen-bond donors (Lipinski definition) is 1. The Kier molecular flexibility index (Phi) is 8.93. The first-order valence-electron chi connectivity index (χ1n) is 12.0. The lowest BCUT2D eigenvalue weighted by Gasteiger charge is -2.33. The summed E-state index contributed by atoms with van der Waals surface area (Å²) in [4.78, 5) is 2.38. The van der Waals surface area contributed by atoms with Gasteiger partial charge in [0.2, 0.25) is 0 Å². The molecule has 2 N–H and O–H groups in total.